The lowest BCUT2D eigenvalue weighted by molar-refractivity contribution is -0.121. The molecule has 5 nitrogen and oxygen atoms in total. The number of carbonyl (C=O) groups excluding carboxylic acids is 2. The lowest BCUT2D eigenvalue weighted by Gasteiger charge is -2.08. The van der Waals surface area contributed by atoms with Gasteiger partial charge in [0.2, 0.25) is 0 Å². The summed E-state index contributed by atoms with van der Waals surface area (Å²) in [6.07, 6.45) is 1.63. The molecule has 0 radical (unpaired) electrons. The zero-order valence-electron chi connectivity index (χ0n) is 13.0. The Balaban J connectivity index is 1.67. The molecule has 2 aromatic rings. The van der Waals surface area contributed by atoms with Crippen molar-refractivity contribution in [3.63, 3.8) is 0 Å². The molecule has 1 aliphatic heterocycles. The van der Waals surface area contributed by atoms with E-state index in [1.807, 2.05) is 36.4 Å². The summed E-state index contributed by atoms with van der Waals surface area (Å²) in [7, 11) is 1.43. The van der Waals surface area contributed by atoms with Crippen molar-refractivity contribution in [1.29, 1.82) is 0 Å². The molecule has 0 atom stereocenters. The van der Waals surface area contributed by atoms with Gasteiger partial charge in [-0.25, -0.2) is 4.79 Å². The molecule has 0 unspecified atom stereocenters. The van der Waals surface area contributed by atoms with Crippen LogP contribution in [0.1, 0.15) is 11.1 Å². The number of nitrogens with zero attached hydrogens (tertiary/aromatic N) is 1. The third-order valence-electron chi connectivity index (χ3n) is 3.62. The van der Waals surface area contributed by atoms with Gasteiger partial charge in [0.05, 0.1) is 0 Å². The average molecular weight is 343 g/mol. The summed E-state index contributed by atoms with van der Waals surface area (Å²) >= 11 is 6.09. The topological polar surface area (TPSA) is 58.6 Å². The Hall–Kier alpha value is -2.79. The van der Waals surface area contributed by atoms with Gasteiger partial charge in [0.15, 0.2) is 0 Å². The largest absolute Gasteiger partial charge is 0.489 e. The fourth-order valence-electron chi connectivity index (χ4n) is 2.23. The molecule has 0 saturated carbocycles. The number of hydrogen-bond acceptors (Lipinski definition) is 3. The second kappa shape index (κ2) is 6.76. The van der Waals surface area contributed by atoms with E-state index in [-0.39, 0.29) is 11.6 Å². The first-order chi connectivity index (χ1) is 11.5. The predicted molar refractivity (Wildman–Crippen MR) is 91.5 cm³/mol. The van der Waals surface area contributed by atoms with Crippen molar-refractivity contribution >= 4 is 29.6 Å². The van der Waals surface area contributed by atoms with Crippen molar-refractivity contribution < 1.29 is 14.3 Å². The predicted octanol–water partition coefficient (Wildman–Crippen LogP) is 3.44. The molecular formula is C18H15ClN2O3. The molecule has 0 spiro atoms. The van der Waals surface area contributed by atoms with Gasteiger partial charge in [0.25, 0.3) is 5.91 Å². The summed E-state index contributed by atoms with van der Waals surface area (Å²) in [4.78, 5) is 24.3. The van der Waals surface area contributed by atoms with Crippen molar-refractivity contribution in [3.05, 3.63) is 70.4 Å². The van der Waals surface area contributed by atoms with E-state index in [9.17, 15) is 9.59 Å². The van der Waals surface area contributed by atoms with Crippen LogP contribution in [0.25, 0.3) is 6.08 Å². The Bertz CT molecular complexity index is 815. The van der Waals surface area contributed by atoms with Crippen LogP contribution in [0.15, 0.2) is 54.2 Å². The fourth-order valence-corrected chi connectivity index (χ4v) is 2.42. The zero-order valence-corrected chi connectivity index (χ0v) is 13.7. The lowest BCUT2D eigenvalue weighted by atomic mass is 10.2. The summed E-state index contributed by atoms with van der Waals surface area (Å²) in [6.45, 7) is 0.374. The van der Waals surface area contributed by atoms with E-state index < -0.39 is 6.03 Å². The highest BCUT2D eigenvalue weighted by atomic mass is 35.5. The molecule has 24 heavy (non-hydrogen) atoms. The highest BCUT2D eigenvalue weighted by Crippen LogP contribution is 2.20. The number of hydrogen-bond donors (Lipinski definition) is 1. The second-order valence-electron chi connectivity index (χ2n) is 5.30. The molecule has 1 saturated heterocycles. The molecule has 1 fully saturated rings. The van der Waals surface area contributed by atoms with Crippen molar-refractivity contribution in [1.82, 2.24) is 10.2 Å². The highest BCUT2D eigenvalue weighted by molar-refractivity contribution is 6.31. The third kappa shape index (κ3) is 3.41. The van der Waals surface area contributed by atoms with Crippen LogP contribution in [0.3, 0.4) is 0 Å². The molecule has 0 aliphatic carbocycles. The van der Waals surface area contributed by atoms with Crippen LogP contribution in [0.2, 0.25) is 5.02 Å². The smallest absolute Gasteiger partial charge is 0.328 e. The maximum atomic E-state index is 11.8. The minimum absolute atomic E-state index is 0.257. The van der Waals surface area contributed by atoms with E-state index in [2.05, 4.69) is 5.32 Å². The molecule has 1 aliphatic rings. The standard InChI is InChI=1S/C18H15ClN2O3/c1-21-17(22)16(20-18(21)23)10-12-6-8-14(9-7-12)24-11-13-4-2-3-5-15(13)19/h2-10H,11H2,1H3,(H,20,23)/b16-10+. The van der Waals surface area contributed by atoms with Gasteiger partial charge < -0.3 is 10.1 Å². The van der Waals surface area contributed by atoms with Crippen LogP contribution in [0, 0.1) is 0 Å². The molecule has 1 heterocycles. The maximum absolute atomic E-state index is 11.8. The van der Waals surface area contributed by atoms with E-state index in [0.717, 1.165) is 16.0 Å². The van der Waals surface area contributed by atoms with Crippen LogP contribution in [0.5, 0.6) is 5.75 Å². The van der Waals surface area contributed by atoms with Gasteiger partial charge in [0.1, 0.15) is 18.1 Å². The van der Waals surface area contributed by atoms with E-state index in [1.165, 1.54) is 7.05 Å². The minimum atomic E-state index is -0.425. The molecular weight excluding hydrogens is 328 g/mol. The lowest BCUT2D eigenvalue weighted by Crippen LogP contribution is -2.25. The summed E-state index contributed by atoms with van der Waals surface area (Å²) in [5, 5.41) is 3.19. The summed E-state index contributed by atoms with van der Waals surface area (Å²) in [5.74, 6) is 0.343. The van der Waals surface area contributed by atoms with Crippen molar-refractivity contribution in [2.75, 3.05) is 7.05 Å². The van der Waals surface area contributed by atoms with Gasteiger partial charge in [0, 0.05) is 17.6 Å². The van der Waals surface area contributed by atoms with Crippen LogP contribution < -0.4 is 10.1 Å². The highest BCUT2D eigenvalue weighted by Gasteiger charge is 2.29. The van der Waals surface area contributed by atoms with E-state index in [4.69, 9.17) is 16.3 Å². The monoisotopic (exact) mass is 342 g/mol. The zero-order chi connectivity index (χ0) is 17.1. The van der Waals surface area contributed by atoms with Gasteiger partial charge in [-0.05, 0) is 29.8 Å². The van der Waals surface area contributed by atoms with E-state index in [0.29, 0.717) is 17.4 Å². The maximum Gasteiger partial charge on any atom is 0.328 e. The summed E-state index contributed by atoms with van der Waals surface area (Å²) < 4.78 is 5.70. The SMILES string of the molecule is CN1C(=O)N/C(=C/c2ccc(OCc3ccccc3Cl)cc2)C1=O. The van der Waals surface area contributed by atoms with Gasteiger partial charge in [-0.3, -0.25) is 9.69 Å². The molecule has 3 rings (SSSR count). The summed E-state index contributed by atoms with van der Waals surface area (Å²) in [6, 6.07) is 14.3. The number of amides is 3. The fraction of sp³-hybridized carbons (Fsp3) is 0.111. The molecule has 2 aromatic carbocycles. The number of carbonyl (C=O) groups is 2. The molecule has 1 N–H and O–H groups in total. The van der Waals surface area contributed by atoms with E-state index in [1.54, 1.807) is 18.2 Å². The number of ether oxygens (including phenoxy) is 1. The van der Waals surface area contributed by atoms with Gasteiger partial charge in [-0.2, -0.15) is 0 Å². The number of imide groups is 1. The Morgan fingerprint density at radius 1 is 1.12 bits per heavy atom. The van der Waals surface area contributed by atoms with Crippen LogP contribution in [0.4, 0.5) is 4.79 Å². The van der Waals surface area contributed by atoms with Crippen LogP contribution >= 0.6 is 11.6 Å². The molecule has 3 amide bonds. The summed E-state index contributed by atoms with van der Waals surface area (Å²) in [5.41, 5.74) is 1.96. The molecule has 6 heteroatoms. The molecule has 0 aromatic heterocycles. The van der Waals surface area contributed by atoms with Crippen LogP contribution in [-0.4, -0.2) is 23.9 Å². The number of likely N-dealkylation sites (N-methyl/N-ethyl adjacent to an activating group) is 1. The van der Waals surface area contributed by atoms with Gasteiger partial charge in [-0.1, -0.05) is 41.9 Å². The number of nitrogens with one attached hydrogen (secondary N) is 1. The quantitative estimate of drug-likeness (QED) is 0.684. The molecule has 122 valence electrons. The molecule has 0 bridgehead atoms. The minimum Gasteiger partial charge on any atom is -0.489 e. The Morgan fingerprint density at radius 2 is 1.83 bits per heavy atom. The Kier molecular flexibility index (Phi) is 4.53. The van der Waals surface area contributed by atoms with Gasteiger partial charge in [-0.15, -0.1) is 0 Å². The first-order valence-corrected chi connectivity index (χ1v) is 7.69. The van der Waals surface area contributed by atoms with Crippen molar-refractivity contribution in [3.8, 4) is 5.75 Å². The van der Waals surface area contributed by atoms with Crippen molar-refractivity contribution in [2.45, 2.75) is 6.61 Å². The second-order valence-corrected chi connectivity index (χ2v) is 5.71. The third-order valence-corrected chi connectivity index (χ3v) is 3.99. The van der Waals surface area contributed by atoms with Crippen LogP contribution in [-0.2, 0) is 11.4 Å². The van der Waals surface area contributed by atoms with Gasteiger partial charge >= 0.3 is 6.03 Å². The first-order valence-electron chi connectivity index (χ1n) is 7.31. The van der Waals surface area contributed by atoms with E-state index >= 15 is 0 Å². The number of halogens is 1. The normalized spacial score (nSPS) is 15.8. The Morgan fingerprint density at radius 3 is 2.46 bits per heavy atom. The number of benzene rings is 2. The number of rotatable bonds is 4. The average Bonchev–Trinajstić information content (AvgIpc) is 2.82. The Labute approximate surface area is 144 Å². The first kappa shape index (κ1) is 16.1. The number of urea groups is 1. The van der Waals surface area contributed by atoms with Crippen molar-refractivity contribution in [2.24, 2.45) is 0 Å².